The molecule has 0 radical (unpaired) electrons. The number of benzene rings is 1. The highest BCUT2D eigenvalue weighted by Gasteiger charge is 2.38. The molecule has 1 N–H and O–H groups in total. The van der Waals surface area contributed by atoms with Gasteiger partial charge in [0, 0.05) is 28.1 Å². The topological polar surface area (TPSA) is 69.0 Å². The normalized spacial score (nSPS) is 18.3. The number of ether oxygens (including phenoxy) is 1. The van der Waals surface area contributed by atoms with Crippen LogP contribution < -0.4 is 10.1 Å². The molecule has 1 aromatic carbocycles. The van der Waals surface area contributed by atoms with E-state index >= 15 is 0 Å². The van der Waals surface area contributed by atoms with Crippen molar-refractivity contribution in [2.24, 2.45) is 0 Å². The number of carbonyl (C=O) groups excluding carboxylic acids is 1. The number of nitrogens with zero attached hydrogens (tertiary/aromatic N) is 3. The van der Waals surface area contributed by atoms with Crippen molar-refractivity contribution in [1.29, 1.82) is 0 Å². The van der Waals surface area contributed by atoms with Gasteiger partial charge in [-0.05, 0) is 68.0 Å². The van der Waals surface area contributed by atoms with E-state index in [-0.39, 0.29) is 11.8 Å². The summed E-state index contributed by atoms with van der Waals surface area (Å²) in [5.74, 6) is 2.37. The first-order chi connectivity index (χ1) is 14.2. The maximum absolute atomic E-state index is 12.9. The van der Waals surface area contributed by atoms with E-state index in [2.05, 4.69) is 23.7 Å². The minimum absolute atomic E-state index is 0.209. The summed E-state index contributed by atoms with van der Waals surface area (Å²) in [6.45, 7) is 4.69. The molecule has 1 aliphatic heterocycles. The summed E-state index contributed by atoms with van der Waals surface area (Å²) in [6.07, 6.45) is 2.34. The third-order valence-corrected chi connectivity index (χ3v) is 6.51. The highest BCUT2D eigenvalue weighted by atomic mass is 32.1. The zero-order valence-electron chi connectivity index (χ0n) is 16.4. The Balaban J connectivity index is 1.60. The van der Waals surface area contributed by atoms with Gasteiger partial charge in [-0.1, -0.05) is 0 Å². The van der Waals surface area contributed by atoms with Crippen LogP contribution in [0.5, 0.6) is 5.75 Å². The average molecular weight is 407 g/mol. The van der Waals surface area contributed by atoms with Gasteiger partial charge < -0.3 is 10.1 Å². The molecule has 6 nitrogen and oxygen atoms in total. The number of carbonyl (C=O) groups is 1. The summed E-state index contributed by atoms with van der Waals surface area (Å²) in [5.41, 5.74) is 3.94. The molecule has 29 heavy (non-hydrogen) atoms. The van der Waals surface area contributed by atoms with Crippen LogP contribution in [0.25, 0.3) is 11.4 Å². The van der Waals surface area contributed by atoms with Crippen molar-refractivity contribution >= 4 is 23.1 Å². The van der Waals surface area contributed by atoms with Crippen LogP contribution in [0.4, 0.5) is 5.95 Å². The fourth-order valence-electron chi connectivity index (χ4n) is 4.05. The number of hydrogen-bond acceptors (Lipinski definition) is 6. The molecule has 2 aliphatic rings. The Hall–Kier alpha value is -2.93. The molecule has 0 saturated carbocycles. The minimum atomic E-state index is -0.210. The van der Waals surface area contributed by atoms with Crippen molar-refractivity contribution in [3.05, 3.63) is 57.4 Å². The Morgan fingerprint density at radius 3 is 2.79 bits per heavy atom. The van der Waals surface area contributed by atoms with Gasteiger partial charge in [0.25, 0.3) is 0 Å². The fourth-order valence-corrected chi connectivity index (χ4v) is 5.07. The van der Waals surface area contributed by atoms with Crippen LogP contribution in [0, 0.1) is 6.92 Å². The second-order valence-electron chi connectivity index (χ2n) is 7.33. The zero-order chi connectivity index (χ0) is 20.0. The van der Waals surface area contributed by atoms with E-state index in [1.165, 1.54) is 5.56 Å². The van der Waals surface area contributed by atoms with Crippen molar-refractivity contribution in [3.8, 4) is 17.1 Å². The van der Waals surface area contributed by atoms with Crippen molar-refractivity contribution in [2.45, 2.75) is 39.2 Å². The Bertz CT molecular complexity index is 1110. The molecule has 0 spiro atoms. The second-order valence-corrected chi connectivity index (χ2v) is 8.27. The van der Waals surface area contributed by atoms with E-state index < -0.39 is 0 Å². The van der Waals surface area contributed by atoms with Crippen LogP contribution in [0.3, 0.4) is 0 Å². The molecule has 5 rings (SSSR count). The number of aromatic nitrogens is 3. The number of allylic oxidation sites excluding steroid dienone is 2. The molecule has 0 amide bonds. The SMILES string of the molecule is CCOc1ccc(-c2nc3n(n2)C(c2sccc2C)C2=C(CCCC2=O)N3)cc1. The van der Waals surface area contributed by atoms with Crippen LogP contribution in [-0.4, -0.2) is 27.2 Å². The molecule has 1 unspecified atom stereocenters. The van der Waals surface area contributed by atoms with E-state index in [1.807, 2.05) is 35.9 Å². The molecule has 148 valence electrons. The lowest BCUT2D eigenvalue weighted by molar-refractivity contribution is -0.116. The van der Waals surface area contributed by atoms with E-state index in [4.69, 9.17) is 14.8 Å². The largest absolute Gasteiger partial charge is 0.494 e. The summed E-state index contributed by atoms with van der Waals surface area (Å²) < 4.78 is 7.41. The standard InChI is InChI=1S/C22H22N4O2S/c1-3-28-15-9-7-14(8-10-15)21-24-22-23-16-5-4-6-17(27)18(16)19(26(22)25-21)20-13(2)11-12-29-20/h7-12,19H,3-6H2,1-2H3,(H,23,24,25). The first-order valence-corrected chi connectivity index (χ1v) is 10.8. The summed E-state index contributed by atoms with van der Waals surface area (Å²) >= 11 is 1.67. The number of aryl methyl sites for hydroxylation is 1. The predicted octanol–water partition coefficient (Wildman–Crippen LogP) is 4.74. The fraction of sp³-hybridized carbons (Fsp3) is 0.318. The molecule has 0 saturated heterocycles. The van der Waals surface area contributed by atoms with E-state index in [0.29, 0.717) is 24.8 Å². The molecule has 1 aliphatic carbocycles. The van der Waals surface area contributed by atoms with Crippen LogP contribution in [0.2, 0.25) is 0 Å². The number of Topliss-reactive ketones (excluding diaryl/α,β-unsaturated/α-hetero) is 1. The van der Waals surface area contributed by atoms with Crippen LogP contribution in [0.15, 0.2) is 47.0 Å². The van der Waals surface area contributed by atoms with Crippen molar-refractivity contribution in [3.63, 3.8) is 0 Å². The van der Waals surface area contributed by atoms with Gasteiger partial charge in [0.15, 0.2) is 11.6 Å². The third kappa shape index (κ3) is 3.06. The van der Waals surface area contributed by atoms with Gasteiger partial charge in [-0.15, -0.1) is 16.4 Å². The van der Waals surface area contributed by atoms with Crippen molar-refractivity contribution in [2.75, 3.05) is 11.9 Å². The molecule has 7 heteroatoms. The first kappa shape index (κ1) is 18.1. The summed E-state index contributed by atoms with van der Waals surface area (Å²) in [4.78, 5) is 18.8. The highest BCUT2D eigenvalue weighted by Crippen LogP contribution is 2.43. The number of ketones is 1. The Morgan fingerprint density at radius 2 is 2.07 bits per heavy atom. The number of fused-ring (bicyclic) bond motifs is 1. The van der Waals surface area contributed by atoms with Gasteiger partial charge in [-0.25, -0.2) is 4.68 Å². The van der Waals surface area contributed by atoms with E-state index in [0.717, 1.165) is 40.3 Å². The van der Waals surface area contributed by atoms with Gasteiger partial charge in [-0.3, -0.25) is 4.79 Å². The van der Waals surface area contributed by atoms with Gasteiger partial charge >= 0.3 is 0 Å². The lowest BCUT2D eigenvalue weighted by atomic mass is 9.87. The number of hydrogen-bond donors (Lipinski definition) is 1. The van der Waals surface area contributed by atoms with Gasteiger partial charge in [0.2, 0.25) is 5.95 Å². The van der Waals surface area contributed by atoms with Gasteiger partial charge in [-0.2, -0.15) is 4.98 Å². The average Bonchev–Trinajstić information content (AvgIpc) is 3.33. The first-order valence-electron chi connectivity index (χ1n) is 9.92. The quantitative estimate of drug-likeness (QED) is 0.678. The molecule has 3 heterocycles. The molecular formula is C22H22N4O2S. The highest BCUT2D eigenvalue weighted by molar-refractivity contribution is 7.10. The van der Waals surface area contributed by atoms with Crippen LogP contribution >= 0.6 is 11.3 Å². The van der Waals surface area contributed by atoms with Crippen LogP contribution in [0.1, 0.15) is 42.7 Å². The summed E-state index contributed by atoms with van der Waals surface area (Å²) in [6, 6.07) is 9.68. The van der Waals surface area contributed by atoms with Crippen LogP contribution in [-0.2, 0) is 4.79 Å². The molecule has 3 aromatic rings. The molecule has 0 fully saturated rings. The summed E-state index contributed by atoms with van der Waals surface area (Å²) in [5, 5.41) is 10.3. The molecule has 1 atom stereocenters. The van der Waals surface area contributed by atoms with Gasteiger partial charge in [0.05, 0.1) is 6.61 Å². The molecular weight excluding hydrogens is 384 g/mol. The zero-order valence-corrected chi connectivity index (χ0v) is 17.3. The maximum Gasteiger partial charge on any atom is 0.226 e. The van der Waals surface area contributed by atoms with Crippen molar-refractivity contribution < 1.29 is 9.53 Å². The van der Waals surface area contributed by atoms with E-state index in [1.54, 1.807) is 11.3 Å². The monoisotopic (exact) mass is 406 g/mol. The lowest BCUT2D eigenvalue weighted by Crippen LogP contribution is -2.31. The number of nitrogens with one attached hydrogen (secondary N) is 1. The predicted molar refractivity (Wildman–Crippen MR) is 113 cm³/mol. The third-order valence-electron chi connectivity index (χ3n) is 5.44. The van der Waals surface area contributed by atoms with Gasteiger partial charge in [0.1, 0.15) is 11.8 Å². The number of thiophene rings is 1. The molecule has 2 aromatic heterocycles. The van der Waals surface area contributed by atoms with Crippen molar-refractivity contribution in [1.82, 2.24) is 14.8 Å². The number of anilines is 1. The minimum Gasteiger partial charge on any atom is -0.494 e. The second kappa shape index (κ2) is 7.15. The Morgan fingerprint density at radius 1 is 1.24 bits per heavy atom. The van der Waals surface area contributed by atoms with E-state index in [9.17, 15) is 4.79 Å². The Kier molecular flexibility index (Phi) is 4.47. The number of rotatable bonds is 4. The maximum atomic E-state index is 12.9. The Labute approximate surface area is 173 Å². The smallest absolute Gasteiger partial charge is 0.226 e. The summed E-state index contributed by atoms with van der Waals surface area (Å²) in [7, 11) is 0. The lowest BCUT2D eigenvalue weighted by Gasteiger charge is -2.31. The molecule has 0 bridgehead atoms.